The van der Waals surface area contributed by atoms with Gasteiger partial charge in [0, 0.05) is 10.6 Å². The van der Waals surface area contributed by atoms with Crippen molar-refractivity contribution >= 4 is 47.1 Å². The molecule has 2 rings (SSSR count). The number of amides is 4. The number of benzene rings is 1. The van der Waals surface area contributed by atoms with Crippen molar-refractivity contribution in [3.8, 4) is 5.75 Å². The number of imide groups is 2. The summed E-state index contributed by atoms with van der Waals surface area (Å²) in [5, 5.41) is 4.58. The molecule has 1 aromatic rings. The summed E-state index contributed by atoms with van der Waals surface area (Å²) in [6.45, 7) is 4.33. The van der Waals surface area contributed by atoms with Crippen LogP contribution in [0.3, 0.4) is 0 Å². The lowest BCUT2D eigenvalue weighted by Gasteiger charge is -2.16. The average molecular weight is 357 g/mol. The zero-order chi connectivity index (χ0) is 17.1. The number of hydrogen-bond donors (Lipinski definition) is 2. The lowest BCUT2D eigenvalue weighted by molar-refractivity contribution is -0.123. The molecule has 1 heterocycles. The van der Waals surface area contributed by atoms with Gasteiger partial charge >= 0.3 is 6.03 Å². The van der Waals surface area contributed by atoms with E-state index in [0.717, 1.165) is 0 Å². The number of rotatable bonds is 4. The SMILES string of the molecule is CC(C)COc1c(Cl)cc(Cl)cc1C=C1C(=O)NC(=O)NC1=O. The van der Waals surface area contributed by atoms with Gasteiger partial charge in [0.15, 0.2) is 0 Å². The first-order chi connectivity index (χ1) is 10.8. The van der Waals surface area contributed by atoms with Crippen molar-refractivity contribution in [3.63, 3.8) is 0 Å². The van der Waals surface area contributed by atoms with Crippen LogP contribution in [0.15, 0.2) is 17.7 Å². The Morgan fingerprint density at radius 1 is 1.13 bits per heavy atom. The molecule has 1 fully saturated rings. The Bertz CT molecular complexity index is 692. The van der Waals surface area contributed by atoms with Crippen LogP contribution in [0, 0.1) is 5.92 Å². The quantitative estimate of drug-likeness (QED) is 0.641. The first-order valence-corrected chi connectivity index (χ1v) is 7.53. The summed E-state index contributed by atoms with van der Waals surface area (Å²) in [6.07, 6.45) is 1.28. The number of urea groups is 1. The fraction of sp³-hybridized carbons (Fsp3) is 0.267. The number of nitrogens with one attached hydrogen (secondary N) is 2. The van der Waals surface area contributed by atoms with Crippen LogP contribution in [0.25, 0.3) is 6.08 Å². The van der Waals surface area contributed by atoms with Crippen molar-refractivity contribution in [1.29, 1.82) is 0 Å². The van der Waals surface area contributed by atoms with E-state index in [0.29, 0.717) is 22.9 Å². The van der Waals surface area contributed by atoms with Crippen LogP contribution in [-0.2, 0) is 9.59 Å². The smallest absolute Gasteiger partial charge is 0.328 e. The van der Waals surface area contributed by atoms with E-state index in [9.17, 15) is 14.4 Å². The van der Waals surface area contributed by atoms with Gasteiger partial charge in [-0.3, -0.25) is 20.2 Å². The molecule has 0 radical (unpaired) electrons. The molecule has 1 saturated heterocycles. The van der Waals surface area contributed by atoms with E-state index in [1.165, 1.54) is 18.2 Å². The van der Waals surface area contributed by atoms with Crippen LogP contribution in [-0.4, -0.2) is 24.5 Å². The average Bonchev–Trinajstić information content (AvgIpc) is 2.41. The van der Waals surface area contributed by atoms with Gasteiger partial charge in [0.25, 0.3) is 11.8 Å². The molecule has 0 atom stereocenters. The van der Waals surface area contributed by atoms with E-state index in [2.05, 4.69) is 0 Å². The second-order valence-corrected chi connectivity index (χ2v) is 6.15. The number of carbonyl (C=O) groups is 3. The topological polar surface area (TPSA) is 84.5 Å². The molecule has 0 spiro atoms. The van der Waals surface area contributed by atoms with Gasteiger partial charge in [-0.2, -0.15) is 0 Å². The van der Waals surface area contributed by atoms with E-state index in [4.69, 9.17) is 27.9 Å². The second-order valence-electron chi connectivity index (χ2n) is 5.31. The maximum atomic E-state index is 11.8. The normalized spacial score (nSPS) is 14.7. The standard InChI is InChI=1S/C15H14Cl2N2O4/c1-7(2)6-23-12-8(3-9(16)5-11(12)17)4-10-13(20)18-15(22)19-14(10)21/h3-5,7H,6H2,1-2H3,(H2,18,19,20,21,22). The summed E-state index contributed by atoms with van der Waals surface area (Å²) in [5.74, 6) is -1.04. The lowest BCUT2D eigenvalue weighted by Crippen LogP contribution is -2.51. The van der Waals surface area contributed by atoms with Crippen molar-refractivity contribution in [2.75, 3.05) is 6.61 Å². The van der Waals surface area contributed by atoms with Crippen LogP contribution in [0.4, 0.5) is 4.79 Å². The van der Waals surface area contributed by atoms with Gasteiger partial charge in [-0.1, -0.05) is 37.0 Å². The molecule has 0 aliphatic carbocycles. The summed E-state index contributed by atoms with van der Waals surface area (Å²) < 4.78 is 5.65. The molecule has 1 aliphatic heterocycles. The Balaban J connectivity index is 2.45. The summed E-state index contributed by atoms with van der Waals surface area (Å²) >= 11 is 12.1. The molecule has 8 heteroatoms. The largest absolute Gasteiger partial charge is 0.491 e. The highest BCUT2D eigenvalue weighted by Crippen LogP contribution is 2.34. The number of carbonyl (C=O) groups excluding carboxylic acids is 3. The predicted molar refractivity (Wildman–Crippen MR) is 86.5 cm³/mol. The molecule has 2 N–H and O–H groups in total. The number of barbiturate groups is 1. The zero-order valence-corrected chi connectivity index (χ0v) is 13.9. The van der Waals surface area contributed by atoms with Crippen LogP contribution in [0.5, 0.6) is 5.75 Å². The third-order valence-electron chi connectivity index (χ3n) is 2.84. The fourth-order valence-corrected chi connectivity index (χ4v) is 2.42. The second kappa shape index (κ2) is 7.02. The van der Waals surface area contributed by atoms with Crippen molar-refractivity contribution in [3.05, 3.63) is 33.3 Å². The molecule has 0 bridgehead atoms. The van der Waals surface area contributed by atoms with E-state index in [1.807, 2.05) is 24.5 Å². The minimum absolute atomic E-state index is 0.239. The third kappa shape index (κ3) is 4.24. The number of hydrogen-bond acceptors (Lipinski definition) is 4. The molecule has 23 heavy (non-hydrogen) atoms. The van der Waals surface area contributed by atoms with Gasteiger partial charge < -0.3 is 4.74 Å². The van der Waals surface area contributed by atoms with Gasteiger partial charge in [-0.15, -0.1) is 0 Å². The third-order valence-corrected chi connectivity index (χ3v) is 3.34. The summed E-state index contributed by atoms with van der Waals surface area (Å²) in [4.78, 5) is 34.7. The monoisotopic (exact) mass is 356 g/mol. The molecule has 0 unspecified atom stereocenters. The Kier molecular flexibility index (Phi) is 5.28. The van der Waals surface area contributed by atoms with Gasteiger partial charge in [0.1, 0.15) is 11.3 Å². The molecular formula is C15H14Cl2N2O4. The van der Waals surface area contributed by atoms with Crippen LogP contribution < -0.4 is 15.4 Å². The fourth-order valence-electron chi connectivity index (χ4n) is 1.85. The van der Waals surface area contributed by atoms with E-state index in [1.54, 1.807) is 0 Å². The number of halogens is 2. The van der Waals surface area contributed by atoms with Crippen LogP contribution >= 0.6 is 23.2 Å². The summed E-state index contributed by atoms with van der Waals surface area (Å²) in [7, 11) is 0. The van der Waals surface area contributed by atoms with Gasteiger partial charge in [0.2, 0.25) is 0 Å². The minimum Gasteiger partial charge on any atom is -0.491 e. The lowest BCUT2D eigenvalue weighted by atomic mass is 10.1. The van der Waals surface area contributed by atoms with Crippen LogP contribution in [0.2, 0.25) is 10.0 Å². The van der Waals surface area contributed by atoms with Gasteiger partial charge in [0.05, 0.1) is 11.6 Å². The molecule has 1 aliphatic rings. The summed E-state index contributed by atoms with van der Waals surface area (Å²) in [5.41, 5.74) is 0.134. The van der Waals surface area contributed by atoms with Crippen molar-refractivity contribution in [1.82, 2.24) is 10.6 Å². The maximum Gasteiger partial charge on any atom is 0.328 e. The molecule has 6 nitrogen and oxygen atoms in total. The van der Waals surface area contributed by atoms with Crippen molar-refractivity contribution < 1.29 is 19.1 Å². The first-order valence-electron chi connectivity index (χ1n) is 6.78. The first kappa shape index (κ1) is 17.3. The Morgan fingerprint density at radius 3 is 2.30 bits per heavy atom. The number of ether oxygens (including phenoxy) is 1. The molecule has 0 saturated carbocycles. The minimum atomic E-state index is -0.863. The Labute approximate surface area is 142 Å². The van der Waals surface area contributed by atoms with Crippen molar-refractivity contribution in [2.45, 2.75) is 13.8 Å². The van der Waals surface area contributed by atoms with Gasteiger partial charge in [-0.05, 0) is 24.1 Å². The molecule has 0 aromatic heterocycles. The zero-order valence-electron chi connectivity index (χ0n) is 12.4. The van der Waals surface area contributed by atoms with Gasteiger partial charge in [-0.25, -0.2) is 4.79 Å². The highest BCUT2D eigenvalue weighted by atomic mass is 35.5. The van der Waals surface area contributed by atoms with E-state index >= 15 is 0 Å². The predicted octanol–water partition coefficient (Wildman–Crippen LogP) is 2.78. The molecule has 122 valence electrons. The summed E-state index contributed by atoms with van der Waals surface area (Å²) in [6, 6.07) is 2.16. The van der Waals surface area contributed by atoms with E-state index in [-0.39, 0.29) is 16.5 Å². The molecule has 1 aromatic carbocycles. The Hall–Kier alpha value is -2.05. The maximum absolute atomic E-state index is 11.8. The van der Waals surface area contributed by atoms with Crippen molar-refractivity contribution in [2.24, 2.45) is 5.92 Å². The molecule has 4 amide bonds. The highest BCUT2D eigenvalue weighted by Gasteiger charge is 2.28. The van der Waals surface area contributed by atoms with E-state index < -0.39 is 17.8 Å². The Morgan fingerprint density at radius 2 is 1.74 bits per heavy atom. The molecular weight excluding hydrogens is 343 g/mol. The van der Waals surface area contributed by atoms with Crippen LogP contribution in [0.1, 0.15) is 19.4 Å². The highest BCUT2D eigenvalue weighted by molar-refractivity contribution is 6.36.